The molecule has 1 saturated heterocycles. The smallest absolute Gasteiger partial charge is 0.0474 e. The van der Waals surface area contributed by atoms with Crippen LogP contribution >= 0.6 is 0 Å². The number of rotatable bonds is 7. The summed E-state index contributed by atoms with van der Waals surface area (Å²) in [5.74, 6) is 0. The van der Waals surface area contributed by atoms with Gasteiger partial charge in [0.15, 0.2) is 0 Å². The SMILES string of the molecule is COCCCNCCN1CCC2(CCCCC2)CC1. The summed E-state index contributed by atoms with van der Waals surface area (Å²) in [5.41, 5.74) is 0.751. The van der Waals surface area contributed by atoms with Gasteiger partial charge in [-0.1, -0.05) is 19.3 Å². The third-order valence-corrected chi connectivity index (χ3v) is 5.14. The highest BCUT2D eigenvalue weighted by molar-refractivity contribution is 4.88. The molecule has 1 heterocycles. The van der Waals surface area contributed by atoms with E-state index in [1.165, 1.54) is 64.6 Å². The van der Waals surface area contributed by atoms with Crippen LogP contribution in [0.25, 0.3) is 0 Å². The quantitative estimate of drug-likeness (QED) is 0.719. The maximum atomic E-state index is 5.05. The summed E-state index contributed by atoms with van der Waals surface area (Å²) in [6, 6.07) is 0. The third kappa shape index (κ3) is 5.05. The van der Waals surface area contributed by atoms with Crippen LogP contribution in [0.3, 0.4) is 0 Å². The van der Waals surface area contributed by atoms with E-state index in [0.29, 0.717) is 0 Å². The normalized spacial score (nSPS) is 23.8. The molecule has 0 aromatic carbocycles. The first-order valence-electron chi connectivity index (χ1n) is 8.27. The summed E-state index contributed by atoms with van der Waals surface area (Å²) >= 11 is 0. The van der Waals surface area contributed by atoms with Gasteiger partial charge in [-0.05, 0) is 57.2 Å². The molecule has 0 aromatic rings. The van der Waals surface area contributed by atoms with Crippen LogP contribution in [0.5, 0.6) is 0 Å². The van der Waals surface area contributed by atoms with E-state index in [4.69, 9.17) is 4.74 Å². The van der Waals surface area contributed by atoms with E-state index in [9.17, 15) is 0 Å². The molecule has 3 heteroatoms. The number of hydrogen-bond donors (Lipinski definition) is 1. The zero-order chi connectivity index (χ0) is 13.4. The molecular weight excluding hydrogens is 236 g/mol. The number of nitrogens with zero attached hydrogens (tertiary/aromatic N) is 1. The highest BCUT2D eigenvalue weighted by atomic mass is 16.5. The number of hydrogen-bond acceptors (Lipinski definition) is 3. The van der Waals surface area contributed by atoms with Gasteiger partial charge in [-0.3, -0.25) is 0 Å². The lowest BCUT2D eigenvalue weighted by atomic mass is 9.68. The van der Waals surface area contributed by atoms with E-state index in [-0.39, 0.29) is 0 Å². The minimum Gasteiger partial charge on any atom is -0.385 e. The predicted molar refractivity (Wildman–Crippen MR) is 80.6 cm³/mol. The van der Waals surface area contributed by atoms with Gasteiger partial charge in [0.2, 0.25) is 0 Å². The summed E-state index contributed by atoms with van der Waals surface area (Å²) in [6.45, 7) is 6.99. The van der Waals surface area contributed by atoms with Gasteiger partial charge in [-0.15, -0.1) is 0 Å². The molecule has 2 aliphatic rings. The minimum atomic E-state index is 0.751. The van der Waals surface area contributed by atoms with Gasteiger partial charge in [0.05, 0.1) is 0 Å². The van der Waals surface area contributed by atoms with Crippen LogP contribution in [0.4, 0.5) is 0 Å². The first-order chi connectivity index (χ1) is 9.35. The average molecular weight is 268 g/mol. The van der Waals surface area contributed by atoms with Gasteiger partial charge in [-0.25, -0.2) is 0 Å². The predicted octanol–water partition coefficient (Wildman–Crippen LogP) is 2.66. The van der Waals surface area contributed by atoms with Crippen molar-refractivity contribution in [3.63, 3.8) is 0 Å². The van der Waals surface area contributed by atoms with Crippen LogP contribution in [0, 0.1) is 5.41 Å². The van der Waals surface area contributed by atoms with Gasteiger partial charge in [0.25, 0.3) is 0 Å². The van der Waals surface area contributed by atoms with Crippen molar-refractivity contribution in [2.24, 2.45) is 5.41 Å². The van der Waals surface area contributed by atoms with Crippen molar-refractivity contribution in [1.29, 1.82) is 0 Å². The number of nitrogens with one attached hydrogen (secondary N) is 1. The minimum absolute atomic E-state index is 0.751. The molecule has 0 amide bonds. The van der Waals surface area contributed by atoms with Crippen molar-refractivity contribution >= 4 is 0 Å². The monoisotopic (exact) mass is 268 g/mol. The molecule has 1 spiro atoms. The Hall–Kier alpha value is -0.120. The summed E-state index contributed by atoms with van der Waals surface area (Å²) < 4.78 is 5.05. The first-order valence-corrected chi connectivity index (χ1v) is 8.27. The summed E-state index contributed by atoms with van der Waals surface area (Å²) in [4.78, 5) is 2.66. The molecule has 0 unspecified atom stereocenters. The van der Waals surface area contributed by atoms with Gasteiger partial charge in [0.1, 0.15) is 0 Å². The van der Waals surface area contributed by atoms with Crippen LogP contribution in [-0.4, -0.2) is 51.3 Å². The van der Waals surface area contributed by atoms with E-state index in [1.807, 2.05) is 0 Å². The molecule has 3 nitrogen and oxygen atoms in total. The Balaban J connectivity index is 1.53. The molecule has 19 heavy (non-hydrogen) atoms. The molecule has 2 rings (SSSR count). The van der Waals surface area contributed by atoms with Crippen LogP contribution in [0.2, 0.25) is 0 Å². The standard InChI is InChI=1S/C16H32N2O/c1-19-15-5-10-17-11-14-18-12-8-16(9-13-18)6-3-2-4-7-16/h17H,2-15H2,1H3. The fourth-order valence-corrected chi connectivity index (χ4v) is 3.76. The Morgan fingerprint density at radius 1 is 1.00 bits per heavy atom. The van der Waals surface area contributed by atoms with Crippen LogP contribution in [0.15, 0.2) is 0 Å². The van der Waals surface area contributed by atoms with Crippen molar-refractivity contribution in [2.75, 3.05) is 46.4 Å². The van der Waals surface area contributed by atoms with Crippen LogP contribution < -0.4 is 5.32 Å². The molecule has 1 aliphatic heterocycles. The highest BCUT2D eigenvalue weighted by Crippen LogP contribution is 2.44. The molecule has 1 N–H and O–H groups in total. The van der Waals surface area contributed by atoms with E-state index in [2.05, 4.69) is 10.2 Å². The Bertz CT molecular complexity index is 229. The lowest BCUT2D eigenvalue weighted by Gasteiger charge is -2.44. The maximum Gasteiger partial charge on any atom is 0.0474 e. The van der Waals surface area contributed by atoms with Gasteiger partial charge < -0.3 is 15.0 Å². The molecule has 0 bridgehead atoms. The Labute approximate surface area is 119 Å². The first kappa shape index (κ1) is 15.3. The molecule has 1 saturated carbocycles. The van der Waals surface area contributed by atoms with E-state index >= 15 is 0 Å². The van der Waals surface area contributed by atoms with Crippen molar-refractivity contribution in [2.45, 2.75) is 51.4 Å². The van der Waals surface area contributed by atoms with Gasteiger partial charge in [0, 0.05) is 26.8 Å². The fraction of sp³-hybridized carbons (Fsp3) is 1.00. The molecule has 2 fully saturated rings. The van der Waals surface area contributed by atoms with Gasteiger partial charge in [-0.2, -0.15) is 0 Å². The topological polar surface area (TPSA) is 24.5 Å². The number of ether oxygens (including phenoxy) is 1. The molecule has 1 aliphatic carbocycles. The Morgan fingerprint density at radius 3 is 2.42 bits per heavy atom. The van der Waals surface area contributed by atoms with Crippen molar-refractivity contribution in [3.8, 4) is 0 Å². The Morgan fingerprint density at radius 2 is 1.74 bits per heavy atom. The van der Waals surface area contributed by atoms with Gasteiger partial charge >= 0.3 is 0 Å². The fourth-order valence-electron chi connectivity index (χ4n) is 3.76. The third-order valence-electron chi connectivity index (χ3n) is 5.14. The van der Waals surface area contributed by atoms with Crippen molar-refractivity contribution < 1.29 is 4.74 Å². The average Bonchev–Trinajstić information content (AvgIpc) is 2.46. The summed E-state index contributed by atoms with van der Waals surface area (Å²) in [5, 5.41) is 3.52. The zero-order valence-corrected chi connectivity index (χ0v) is 12.8. The second-order valence-electron chi connectivity index (χ2n) is 6.50. The second-order valence-corrected chi connectivity index (χ2v) is 6.50. The lowest BCUT2D eigenvalue weighted by molar-refractivity contribution is 0.0683. The maximum absolute atomic E-state index is 5.05. The highest BCUT2D eigenvalue weighted by Gasteiger charge is 2.35. The largest absolute Gasteiger partial charge is 0.385 e. The zero-order valence-electron chi connectivity index (χ0n) is 12.8. The summed E-state index contributed by atoms with van der Waals surface area (Å²) in [7, 11) is 1.77. The summed E-state index contributed by atoms with van der Waals surface area (Å²) in [6.07, 6.45) is 11.5. The molecule has 0 atom stereocenters. The van der Waals surface area contributed by atoms with Crippen molar-refractivity contribution in [3.05, 3.63) is 0 Å². The van der Waals surface area contributed by atoms with Crippen molar-refractivity contribution in [1.82, 2.24) is 10.2 Å². The number of likely N-dealkylation sites (tertiary alicyclic amines) is 1. The van der Waals surface area contributed by atoms with E-state index in [1.54, 1.807) is 7.11 Å². The van der Waals surface area contributed by atoms with E-state index < -0.39 is 0 Å². The molecule has 0 aromatic heterocycles. The lowest BCUT2D eigenvalue weighted by Crippen LogP contribution is -2.43. The molecular formula is C16H32N2O. The van der Waals surface area contributed by atoms with E-state index in [0.717, 1.165) is 31.5 Å². The number of methoxy groups -OCH3 is 1. The van der Waals surface area contributed by atoms with Crippen LogP contribution in [0.1, 0.15) is 51.4 Å². The Kier molecular flexibility index (Phi) is 6.62. The van der Waals surface area contributed by atoms with Crippen LogP contribution in [-0.2, 0) is 4.74 Å². The number of piperidine rings is 1. The molecule has 0 radical (unpaired) electrons. The molecule has 112 valence electrons. The second kappa shape index (κ2) is 8.23.